The lowest BCUT2D eigenvalue weighted by atomic mass is 10.2. The molecule has 0 saturated heterocycles. The van der Waals surface area contributed by atoms with Crippen LogP contribution in [0.5, 0.6) is 0 Å². The third kappa shape index (κ3) is 5.17. The lowest BCUT2D eigenvalue weighted by Gasteiger charge is -2.03. The first kappa shape index (κ1) is 18.6. The van der Waals surface area contributed by atoms with Crippen molar-refractivity contribution in [2.24, 2.45) is 0 Å². The number of aromatic nitrogens is 1. The number of carbonyl (C=O) groups is 2. The molecule has 1 N–H and O–H groups in total. The van der Waals surface area contributed by atoms with E-state index < -0.39 is 11.7 Å². The van der Waals surface area contributed by atoms with Crippen LogP contribution in [-0.2, 0) is 17.1 Å². The number of halogens is 1. The van der Waals surface area contributed by atoms with Crippen LogP contribution in [0.15, 0.2) is 65.0 Å². The number of hydrogen-bond acceptors (Lipinski definition) is 5. The van der Waals surface area contributed by atoms with Crippen LogP contribution in [0.25, 0.3) is 0 Å². The Morgan fingerprint density at radius 3 is 2.50 bits per heavy atom. The van der Waals surface area contributed by atoms with Gasteiger partial charge in [-0.1, -0.05) is 54.1 Å². The molecular weight excluding hydrogens is 388 g/mol. The summed E-state index contributed by atoms with van der Waals surface area (Å²) in [6.07, 6.45) is 1.63. The fourth-order valence-corrected chi connectivity index (χ4v) is 4.11. The lowest BCUT2D eigenvalue weighted by Crippen LogP contribution is -2.30. The van der Waals surface area contributed by atoms with Gasteiger partial charge in [-0.2, -0.15) is 0 Å². The summed E-state index contributed by atoms with van der Waals surface area (Å²) in [5.74, 6) is -0.505. The quantitative estimate of drug-likeness (QED) is 0.357. The first-order valence-corrected chi connectivity index (χ1v) is 9.99. The molecule has 0 aliphatic heterocycles. The van der Waals surface area contributed by atoms with Crippen molar-refractivity contribution in [3.63, 3.8) is 0 Å². The third-order valence-electron chi connectivity index (χ3n) is 3.48. The maximum atomic E-state index is 12.2. The van der Waals surface area contributed by atoms with Gasteiger partial charge < -0.3 is 5.32 Å². The van der Waals surface area contributed by atoms with E-state index in [1.54, 1.807) is 18.0 Å². The molecule has 1 amide bonds. The second-order valence-electron chi connectivity index (χ2n) is 5.40. The molecule has 0 atom stereocenters. The summed E-state index contributed by atoms with van der Waals surface area (Å²) in [5, 5.41) is 3.53. The topological polar surface area (TPSA) is 59.1 Å². The summed E-state index contributed by atoms with van der Waals surface area (Å²) in [4.78, 5) is 28.3. The van der Waals surface area contributed by atoms with Crippen LogP contribution in [0.3, 0.4) is 0 Å². The van der Waals surface area contributed by atoms with Crippen molar-refractivity contribution in [1.29, 1.82) is 0 Å². The SMILES string of the molecule is O=C(NCc1ccccc1)C(=O)c1ncc(SCc2ccc(Cl)cc2)s1. The van der Waals surface area contributed by atoms with Crippen LogP contribution in [0.2, 0.25) is 5.02 Å². The number of amides is 1. The van der Waals surface area contributed by atoms with E-state index in [1.807, 2.05) is 54.6 Å². The van der Waals surface area contributed by atoms with Gasteiger partial charge in [-0.3, -0.25) is 9.59 Å². The molecule has 0 unspecified atom stereocenters. The van der Waals surface area contributed by atoms with Crippen molar-refractivity contribution in [1.82, 2.24) is 10.3 Å². The van der Waals surface area contributed by atoms with Crippen LogP contribution in [0.1, 0.15) is 20.9 Å². The molecule has 1 aromatic heterocycles. The highest BCUT2D eigenvalue weighted by Gasteiger charge is 2.19. The second kappa shape index (κ2) is 8.98. The van der Waals surface area contributed by atoms with Gasteiger partial charge in [-0.25, -0.2) is 4.98 Å². The number of Topliss-reactive ketones (excluding diaryl/α,β-unsaturated/α-hetero) is 1. The number of benzene rings is 2. The van der Waals surface area contributed by atoms with Crippen LogP contribution in [0, 0.1) is 0 Å². The molecule has 4 nitrogen and oxygen atoms in total. The Balaban J connectivity index is 1.53. The summed E-state index contributed by atoms with van der Waals surface area (Å²) in [7, 11) is 0. The zero-order chi connectivity index (χ0) is 18.4. The van der Waals surface area contributed by atoms with Crippen molar-refractivity contribution in [3.05, 3.63) is 82.0 Å². The molecule has 2 aromatic carbocycles. The minimum atomic E-state index is -0.641. The summed E-state index contributed by atoms with van der Waals surface area (Å²) < 4.78 is 0.888. The predicted octanol–water partition coefficient (Wildman–Crippen LogP) is 4.59. The van der Waals surface area contributed by atoms with Crippen molar-refractivity contribution < 1.29 is 9.59 Å². The van der Waals surface area contributed by atoms with Gasteiger partial charge in [0, 0.05) is 17.3 Å². The van der Waals surface area contributed by atoms with Gasteiger partial charge in [0.1, 0.15) is 0 Å². The smallest absolute Gasteiger partial charge is 0.295 e. The van der Waals surface area contributed by atoms with E-state index in [0.717, 1.165) is 21.1 Å². The maximum absolute atomic E-state index is 12.2. The Morgan fingerprint density at radius 1 is 1.04 bits per heavy atom. The molecule has 0 bridgehead atoms. The predicted molar refractivity (Wildman–Crippen MR) is 106 cm³/mol. The molecule has 0 fully saturated rings. The molecule has 0 saturated carbocycles. The Bertz CT molecular complexity index is 895. The number of hydrogen-bond donors (Lipinski definition) is 1. The molecule has 0 radical (unpaired) electrons. The van der Waals surface area contributed by atoms with E-state index >= 15 is 0 Å². The number of thioether (sulfide) groups is 1. The van der Waals surface area contributed by atoms with Gasteiger partial charge in [0.15, 0.2) is 5.01 Å². The summed E-state index contributed by atoms with van der Waals surface area (Å²) in [6.45, 7) is 0.314. The molecule has 1 heterocycles. The van der Waals surface area contributed by atoms with Crippen molar-refractivity contribution in [3.8, 4) is 0 Å². The van der Waals surface area contributed by atoms with E-state index in [9.17, 15) is 9.59 Å². The minimum absolute atomic E-state index is 0.203. The monoisotopic (exact) mass is 402 g/mol. The number of thiazole rings is 1. The van der Waals surface area contributed by atoms with Crippen molar-refractivity contribution in [2.45, 2.75) is 16.5 Å². The first-order chi connectivity index (χ1) is 12.6. The number of ketones is 1. The van der Waals surface area contributed by atoms with Crippen LogP contribution < -0.4 is 5.32 Å². The van der Waals surface area contributed by atoms with E-state index in [4.69, 9.17) is 11.6 Å². The number of nitrogens with one attached hydrogen (secondary N) is 1. The highest BCUT2D eigenvalue weighted by atomic mass is 35.5. The molecule has 0 aliphatic carbocycles. The van der Waals surface area contributed by atoms with E-state index in [2.05, 4.69) is 10.3 Å². The van der Waals surface area contributed by atoms with E-state index in [0.29, 0.717) is 11.6 Å². The zero-order valence-electron chi connectivity index (χ0n) is 13.6. The minimum Gasteiger partial charge on any atom is -0.345 e. The summed E-state index contributed by atoms with van der Waals surface area (Å²) >= 11 is 8.67. The van der Waals surface area contributed by atoms with E-state index in [-0.39, 0.29) is 5.01 Å². The van der Waals surface area contributed by atoms with Crippen molar-refractivity contribution >= 4 is 46.4 Å². The number of carbonyl (C=O) groups excluding carboxylic acids is 2. The highest BCUT2D eigenvalue weighted by molar-refractivity contribution is 8.00. The standard InChI is InChI=1S/C19H15ClN2O2S2/c20-15-8-6-14(7-9-15)12-25-16-11-22-19(26-16)17(23)18(24)21-10-13-4-2-1-3-5-13/h1-9,11H,10,12H2,(H,21,24). The lowest BCUT2D eigenvalue weighted by molar-refractivity contribution is -0.117. The number of rotatable bonds is 7. The molecular formula is C19H15ClN2O2S2. The highest BCUT2D eigenvalue weighted by Crippen LogP contribution is 2.28. The molecule has 0 spiro atoms. The Morgan fingerprint density at radius 2 is 1.77 bits per heavy atom. The summed E-state index contributed by atoms with van der Waals surface area (Å²) in [5.41, 5.74) is 2.06. The Kier molecular flexibility index (Phi) is 6.44. The molecule has 26 heavy (non-hydrogen) atoms. The molecule has 3 rings (SSSR count). The molecule has 3 aromatic rings. The fourth-order valence-electron chi connectivity index (χ4n) is 2.12. The van der Waals surface area contributed by atoms with Gasteiger partial charge in [0.25, 0.3) is 11.7 Å². The first-order valence-electron chi connectivity index (χ1n) is 7.81. The largest absolute Gasteiger partial charge is 0.345 e. The Labute approximate surface area is 164 Å². The zero-order valence-corrected chi connectivity index (χ0v) is 16.0. The van der Waals surface area contributed by atoms with Gasteiger partial charge >= 0.3 is 0 Å². The molecule has 132 valence electrons. The average molecular weight is 403 g/mol. The van der Waals surface area contributed by atoms with Crippen LogP contribution in [-0.4, -0.2) is 16.7 Å². The second-order valence-corrected chi connectivity index (χ2v) is 8.14. The molecule has 7 heteroatoms. The van der Waals surface area contributed by atoms with Crippen molar-refractivity contribution in [2.75, 3.05) is 0 Å². The van der Waals surface area contributed by atoms with Gasteiger partial charge in [-0.15, -0.1) is 23.1 Å². The molecule has 0 aliphatic rings. The van der Waals surface area contributed by atoms with Crippen LogP contribution in [0.4, 0.5) is 0 Å². The fraction of sp³-hybridized carbons (Fsp3) is 0.105. The number of nitrogens with zero attached hydrogens (tertiary/aromatic N) is 1. The Hall–Kier alpha value is -2.15. The van der Waals surface area contributed by atoms with Crippen LogP contribution >= 0.6 is 34.7 Å². The third-order valence-corrected chi connectivity index (χ3v) is 5.99. The van der Waals surface area contributed by atoms with Gasteiger partial charge in [0.2, 0.25) is 0 Å². The van der Waals surface area contributed by atoms with Gasteiger partial charge in [0.05, 0.1) is 10.4 Å². The normalized spacial score (nSPS) is 10.5. The van der Waals surface area contributed by atoms with Gasteiger partial charge in [-0.05, 0) is 23.3 Å². The average Bonchev–Trinajstić information content (AvgIpc) is 3.15. The van der Waals surface area contributed by atoms with E-state index in [1.165, 1.54) is 11.3 Å². The maximum Gasteiger partial charge on any atom is 0.295 e. The summed E-state index contributed by atoms with van der Waals surface area (Å²) in [6, 6.07) is 17.0.